The third-order valence-electron chi connectivity index (χ3n) is 3.88. The van der Waals surface area contributed by atoms with E-state index in [1.54, 1.807) is 0 Å². The predicted molar refractivity (Wildman–Crippen MR) is 74.4 cm³/mol. The van der Waals surface area contributed by atoms with Gasteiger partial charge in [0, 0.05) is 23.7 Å². The molecule has 2 rings (SSSR count). The maximum Gasteiger partial charge on any atom is 0.0925 e. The maximum absolute atomic E-state index is 4.42. The van der Waals surface area contributed by atoms with E-state index in [-0.39, 0.29) is 0 Å². The summed E-state index contributed by atoms with van der Waals surface area (Å²) >= 11 is 1.86. The van der Waals surface area contributed by atoms with Gasteiger partial charge >= 0.3 is 0 Å². The van der Waals surface area contributed by atoms with Crippen LogP contribution in [0.3, 0.4) is 0 Å². The fourth-order valence-corrected chi connectivity index (χ4v) is 3.60. The minimum atomic E-state index is 0.737. The molecule has 96 valence electrons. The fraction of sp³-hybridized carbons (Fsp3) is 0.786. The molecule has 1 aliphatic rings. The van der Waals surface area contributed by atoms with Crippen LogP contribution in [0.5, 0.6) is 0 Å². The SMILES string of the molecule is CCc1ncc(CNC2CCCCC2CC)s1. The number of hydrogen-bond acceptors (Lipinski definition) is 3. The molecular weight excluding hydrogens is 228 g/mol. The van der Waals surface area contributed by atoms with E-state index in [9.17, 15) is 0 Å². The molecular formula is C14H24N2S. The van der Waals surface area contributed by atoms with E-state index in [4.69, 9.17) is 0 Å². The van der Waals surface area contributed by atoms with E-state index in [0.29, 0.717) is 0 Å². The van der Waals surface area contributed by atoms with Gasteiger partial charge in [-0.2, -0.15) is 0 Å². The van der Waals surface area contributed by atoms with Crippen molar-refractivity contribution in [2.45, 2.75) is 65.0 Å². The quantitative estimate of drug-likeness (QED) is 0.863. The van der Waals surface area contributed by atoms with Crippen LogP contribution in [0.4, 0.5) is 0 Å². The molecule has 2 atom stereocenters. The highest BCUT2D eigenvalue weighted by Crippen LogP contribution is 2.27. The lowest BCUT2D eigenvalue weighted by Crippen LogP contribution is -2.37. The van der Waals surface area contributed by atoms with Crippen molar-refractivity contribution in [2.24, 2.45) is 5.92 Å². The van der Waals surface area contributed by atoms with Crippen LogP contribution in [0.1, 0.15) is 55.8 Å². The molecule has 2 unspecified atom stereocenters. The van der Waals surface area contributed by atoms with E-state index >= 15 is 0 Å². The Morgan fingerprint density at radius 2 is 2.18 bits per heavy atom. The first kappa shape index (κ1) is 13.0. The number of nitrogens with zero attached hydrogens (tertiary/aromatic N) is 1. The van der Waals surface area contributed by atoms with E-state index in [2.05, 4.69) is 24.1 Å². The van der Waals surface area contributed by atoms with Crippen molar-refractivity contribution in [1.29, 1.82) is 0 Å². The second-order valence-corrected chi connectivity index (χ2v) is 6.21. The molecule has 1 aliphatic carbocycles. The van der Waals surface area contributed by atoms with Crippen molar-refractivity contribution in [2.75, 3.05) is 0 Å². The molecule has 0 amide bonds. The van der Waals surface area contributed by atoms with Crippen molar-refractivity contribution in [3.8, 4) is 0 Å². The Bertz CT molecular complexity index is 335. The van der Waals surface area contributed by atoms with Gasteiger partial charge in [0.15, 0.2) is 0 Å². The Morgan fingerprint density at radius 3 is 2.88 bits per heavy atom. The van der Waals surface area contributed by atoms with Crippen LogP contribution in [0.2, 0.25) is 0 Å². The fourth-order valence-electron chi connectivity index (χ4n) is 2.79. The highest BCUT2D eigenvalue weighted by Gasteiger charge is 2.22. The Balaban J connectivity index is 1.83. The van der Waals surface area contributed by atoms with Crippen molar-refractivity contribution in [3.05, 3.63) is 16.1 Å². The molecule has 0 saturated heterocycles. The largest absolute Gasteiger partial charge is 0.309 e. The summed E-state index contributed by atoms with van der Waals surface area (Å²) in [6.45, 7) is 5.51. The van der Waals surface area contributed by atoms with Gasteiger partial charge in [-0.15, -0.1) is 11.3 Å². The first-order valence-corrected chi connectivity index (χ1v) is 7.82. The monoisotopic (exact) mass is 252 g/mol. The molecule has 0 aliphatic heterocycles. The van der Waals surface area contributed by atoms with Crippen molar-refractivity contribution < 1.29 is 0 Å². The summed E-state index contributed by atoms with van der Waals surface area (Å²) in [6, 6.07) is 0.737. The molecule has 1 aromatic heterocycles. The lowest BCUT2D eigenvalue weighted by Gasteiger charge is -2.31. The highest BCUT2D eigenvalue weighted by molar-refractivity contribution is 7.11. The summed E-state index contributed by atoms with van der Waals surface area (Å²) in [5.41, 5.74) is 0. The summed E-state index contributed by atoms with van der Waals surface area (Å²) in [4.78, 5) is 5.81. The van der Waals surface area contributed by atoms with E-state index in [1.807, 2.05) is 17.5 Å². The summed E-state index contributed by atoms with van der Waals surface area (Å²) < 4.78 is 0. The molecule has 0 spiro atoms. The zero-order valence-electron chi connectivity index (χ0n) is 11.0. The molecule has 1 heterocycles. The molecule has 1 N–H and O–H groups in total. The van der Waals surface area contributed by atoms with Crippen LogP contribution in [0, 0.1) is 5.92 Å². The highest BCUT2D eigenvalue weighted by atomic mass is 32.1. The molecule has 1 aromatic rings. The molecule has 0 aromatic carbocycles. The predicted octanol–water partition coefficient (Wildman–Crippen LogP) is 3.76. The van der Waals surface area contributed by atoms with Gasteiger partial charge in [0.25, 0.3) is 0 Å². The first-order valence-electron chi connectivity index (χ1n) is 7.00. The van der Waals surface area contributed by atoms with Crippen LogP contribution in [-0.2, 0) is 13.0 Å². The van der Waals surface area contributed by atoms with Crippen molar-refractivity contribution in [3.63, 3.8) is 0 Å². The second-order valence-electron chi connectivity index (χ2n) is 5.01. The van der Waals surface area contributed by atoms with Gasteiger partial charge in [-0.1, -0.05) is 33.1 Å². The summed E-state index contributed by atoms with van der Waals surface area (Å²) in [7, 11) is 0. The lowest BCUT2D eigenvalue weighted by atomic mass is 9.83. The molecule has 0 bridgehead atoms. The van der Waals surface area contributed by atoms with E-state index in [0.717, 1.165) is 24.9 Å². The van der Waals surface area contributed by atoms with Crippen molar-refractivity contribution >= 4 is 11.3 Å². The van der Waals surface area contributed by atoms with Gasteiger partial charge in [-0.25, -0.2) is 4.98 Å². The molecule has 1 saturated carbocycles. The van der Waals surface area contributed by atoms with E-state index < -0.39 is 0 Å². The van der Waals surface area contributed by atoms with Crippen LogP contribution in [0.15, 0.2) is 6.20 Å². The minimum absolute atomic E-state index is 0.737. The average Bonchev–Trinajstić information content (AvgIpc) is 2.84. The number of aromatic nitrogens is 1. The van der Waals surface area contributed by atoms with Gasteiger partial charge in [0.2, 0.25) is 0 Å². The van der Waals surface area contributed by atoms with Crippen LogP contribution in [0.25, 0.3) is 0 Å². The molecule has 3 heteroatoms. The molecule has 0 radical (unpaired) electrons. The Labute approximate surface area is 109 Å². The van der Waals surface area contributed by atoms with Gasteiger partial charge in [0.1, 0.15) is 0 Å². The van der Waals surface area contributed by atoms with E-state index in [1.165, 1.54) is 42.0 Å². The average molecular weight is 252 g/mol. The smallest absolute Gasteiger partial charge is 0.0925 e. The third-order valence-corrected chi connectivity index (χ3v) is 5.02. The number of thiazole rings is 1. The normalized spacial score (nSPS) is 25.1. The second kappa shape index (κ2) is 6.50. The zero-order chi connectivity index (χ0) is 12.1. The minimum Gasteiger partial charge on any atom is -0.309 e. The van der Waals surface area contributed by atoms with Gasteiger partial charge in [-0.3, -0.25) is 0 Å². The van der Waals surface area contributed by atoms with Crippen LogP contribution < -0.4 is 5.32 Å². The summed E-state index contributed by atoms with van der Waals surface area (Å²) in [6.07, 6.45) is 10.0. The maximum atomic E-state index is 4.42. The molecule has 2 nitrogen and oxygen atoms in total. The topological polar surface area (TPSA) is 24.9 Å². The van der Waals surface area contributed by atoms with Gasteiger partial charge in [0.05, 0.1) is 5.01 Å². The summed E-state index contributed by atoms with van der Waals surface area (Å²) in [5, 5.41) is 5.01. The number of aryl methyl sites for hydroxylation is 1. The molecule has 1 fully saturated rings. The van der Waals surface area contributed by atoms with Crippen LogP contribution in [-0.4, -0.2) is 11.0 Å². The number of hydrogen-bond donors (Lipinski definition) is 1. The zero-order valence-corrected chi connectivity index (χ0v) is 11.9. The summed E-state index contributed by atoms with van der Waals surface area (Å²) in [5.74, 6) is 0.891. The standard InChI is InChI=1S/C14H24N2S/c1-3-11-7-5-6-8-13(11)15-9-12-10-16-14(4-2)17-12/h10-11,13,15H,3-9H2,1-2H3. The van der Waals surface area contributed by atoms with Gasteiger partial charge in [-0.05, 0) is 25.2 Å². The van der Waals surface area contributed by atoms with Gasteiger partial charge < -0.3 is 5.32 Å². The Morgan fingerprint density at radius 1 is 1.35 bits per heavy atom. The number of rotatable bonds is 5. The lowest BCUT2D eigenvalue weighted by molar-refractivity contribution is 0.255. The van der Waals surface area contributed by atoms with Crippen LogP contribution >= 0.6 is 11.3 Å². The number of nitrogens with one attached hydrogen (secondary N) is 1. The Hall–Kier alpha value is -0.410. The molecule has 17 heavy (non-hydrogen) atoms. The van der Waals surface area contributed by atoms with Crippen molar-refractivity contribution in [1.82, 2.24) is 10.3 Å². The first-order chi connectivity index (χ1) is 8.33. The Kier molecular flexibility index (Phi) is 4.99. The third kappa shape index (κ3) is 3.52.